The van der Waals surface area contributed by atoms with Crippen LogP contribution in [0.15, 0.2) is 5.38 Å². The van der Waals surface area contributed by atoms with Gasteiger partial charge in [-0.2, -0.15) is 0 Å². The van der Waals surface area contributed by atoms with E-state index in [4.69, 9.17) is 0 Å². The number of aromatic nitrogens is 1. The van der Waals surface area contributed by atoms with Crippen molar-refractivity contribution in [3.63, 3.8) is 0 Å². The summed E-state index contributed by atoms with van der Waals surface area (Å²) in [5.74, 6) is 0.536. The van der Waals surface area contributed by atoms with E-state index in [1.54, 1.807) is 11.3 Å². The quantitative estimate of drug-likeness (QED) is 0.801. The standard InChI is InChI=1S/C13H23N3O2S2/c1-3-4-14-7-13-15-12(9-19-13)8-16-5-6-20(17,18)10-11(16)2/h9,11,14H,3-8,10H2,1-2H3. The molecule has 0 amide bonds. The second kappa shape index (κ2) is 6.98. The van der Waals surface area contributed by atoms with Gasteiger partial charge in [0.2, 0.25) is 0 Å². The summed E-state index contributed by atoms with van der Waals surface area (Å²) in [4.78, 5) is 6.82. The first-order valence-electron chi connectivity index (χ1n) is 7.08. The zero-order valence-electron chi connectivity index (χ0n) is 12.1. The van der Waals surface area contributed by atoms with Crippen LogP contribution in [0.3, 0.4) is 0 Å². The van der Waals surface area contributed by atoms with Crippen LogP contribution in [0.2, 0.25) is 0 Å². The van der Waals surface area contributed by atoms with Crippen molar-refractivity contribution in [2.75, 3.05) is 24.6 Å². The number of rotatable bonds is 6. The van der Waals surface area contributed by atoms with Gasteiger partial charge in [-0.05, 0) is 19.9 Å². The molecule has 20 heavy (non-hydrogen) atoms. The predicted molar refractivity (Wildman–Crippen MR) is 82.6 cm³/mol. The number of nitrogens with one attached hydrogen (secondary N) is 1. The Morgan fingerprint density at radius 2 is 2.35 bits per heavy atom. The van der Waals surface area contributed by atoms with Crippen molar-refractivity contribution in [3.8, 4) is 0 Å². The highest BCUT2D eigenvalue weighted by atomic mass is 32.2. The fraction of sp³-hybridized carbons (Fsp3) is 0.769. The minimum Gasteiger partial charge on any atom is -0.310 e. The van der Waals surface area contributed by atoms with Crippen LogP contribution in [0.25, 0.3) is 0 Å². The largest absolute Gasteiger partial charge is 0.310 e. The van der Waals surface area contributed by atoms with Crippen molar-refractivity contribution in [1.29, 1.82) is 0 Å². The number of sulfone groups is 1. The molecule has 0 aromatic carbocycles. The molecule has 0 radical (unpaired) electrons. The second-order valence-corrected chi connectivity index (χ2v) is 8.51. The Labute approximate surface area is 125 Å². The molecule has 1 atom stereocenters. The number of nitrogens with zero attached hydrogens (tertiary/aromatic N) is 2. The van der Waals surface area contributed by atoms with E-state index in [2.05, 4.69) is 27.5 Å². The molecule has 1 N–H and O–H groups in total. The molecule has 0 spiro atoms. The summed E-state index contributed by atoms with van der Waals surface area (Å²) in [5, 5.41) is 6.53. The summed E-state index contributed by atoms with van der Waals surface area (Å²) < 4.78 is 23.1. The first kappa shape index (κ1) is 15.9. The van der Waals surface area contributed by atoms with Crippen molar-refractivity contribution >= 4 is 21.2 Å². The average molecular weight is 317 g/mol. The molecule has 0 aliphatic carbocycles. The molecule has 1 saturated heterocycles. The van der Waals surface area contributed by atoms with E-state index in [0.717, 1.165) is 36.8 Å². The van der Waals surface area contributed by atoms with Gasteiger partial charge in [-0.3, -0.25) is 4.90 Å². The minimum atomic E-state index is -2.84. The lowest BCUT2D eigenvalue weighted by Gasteiger charge is -2.32. The van der Waals surface area contributed by atoms with Gasteiger partial charge in [0.05, 0.1) is 17.2 Å². The predicted octanol–water partition coefficient (Wildman–Crippen LogP) is 1.26. The zero-order valence-corrected chi connectivity index (χ0v) is 13.8. The average Bonchev–Trinajstić information content (AvgIpc) is 2.80. The Bertz CT molecular complexity index is 527. The molecule has 1 aromatic heterocycles. The molecule has 5 nitrogen and oxygen atoms in total. The Hall–Kier alpha value is -0.500. The van der Waals surface area contributed by atoms with Gasteiger partial charge in [0.25, 0.3) is 0 Å². The summed E-state index contributed by atoms with van der Waals surface area (Å²) in [6.07, 6.45) is 1.12. The van der Waals surface area contributed by atoms with Crippen LogP contribution in [-0.2, 0) is 22.9 Å². The number of hydrogen-bond acceptors (Lipinski definition) is 6. The second-order valence-electron chi connectivity index (χ2n) is 5.34. The molecule has 1 unspecified atom stereocenters. The fourth-order valence-electron chi connectivity index (χ4n) is 2.35. The summed E-state index contributed by atoms with van der Waals surface area (Å²) in [7, 11) is -2.84. The van der Waals surface area contributed by atoms with E-state index in [9.17, 15) is 8.42 Å². The molecule has 0 bridgehead atoms. The Kier molecular flexibility index (Phi) is 5.54. The van der Waals surface area contributed by atoms with Crippen LogP contribution in [0.1, 0.15) is 31.0 Å². The van der Waals surface area contributed by atoms with Crippen molar-refractivity contribution < 1.29 is 8.42 Å². The van der Waals surface area contributed by atoms with Crippen molar-refractivity contribution in [2.24, 2.45) is 0 Å². The van der Waals surface area contributed by atoms with Gasteiger partial charge < -0.3 is 5.32 Å². The van der Waals surface area contributed by atoms with Crippen LogP contribution in [-0.4, -0.2) is 48.9 Å². The highest BCUT2D eigenvalue weighted by Crippen LogP contribution is 2.17. The normalized spacial score (nSPS) is 23.0. The fourth-order valence-corrected chi connectivity index (χ4v) is 4.73. The first-order chi connectivity index (χ1) is 9.50. The zero-order chi connectivity index (χ0) is 14.6. The summed E-state index contributed by atoms with van der Waals surface area (Å²) >= 11 is 1.67. The molecule has 1 fully saturated rings. The van der Waals surface area contributed by atoms with E-state index in [1.165, 1.54) is 0 Å². The van der Waals surface area contributed by atoms with E-state index >= 15 is 0 Å². The first-order valence-corrected chi connectivity index (χ1v) is 9.78. The summed E-state index contributed by atoms with van der Waals surface area (Å²) in [5.41, 5.74) is 1.05. The van der Waals surface area contributed by atoms with Gasteiger partial charge in [0.15, 0.2) is 9.84 Å². The van der Waals surface area contributed by atoms with Gasteiger partial charge in [-0.1, -0.05) is 6.92 Å². The highest BCUT2D eigenvalue weighted by molar-refractivity contribution is 7.91. The summed E-state index contributed by atoms with van der Waals surface area (Å²) in [6.45, 7) is 7.32. The molecule has 0 saturated carbocycles. The molecule has 1 aromatic rings. The highest BCUT2D eigenvalue weighted by Gasteiger charge is 2.28. The molecule has 2 rings (SSSR count). The Balaban J connectivity index is 1.87. The van der Waals surface area contributed by atoms with Gasteiger partial charge >= 0.3 is 0 Å². The monoisotopic (exact) mass is 317 g/mol. The molecule has 2 heterocycles. The summed E-state index contributed by atoms with van der Waals surface area (Å²) in [6, 6.07) is 0.0807. The third-order valence-corrected chi connectivity index (χ3v) is 6.17. The lowest BCUT2D eigenvalue weighted by atomic mass is 10.3. The van der Waals surface area contributed by atoms with E-state index in [1.807, 2.05) is 6.92 Å². The van der Waals surface area contributed by atoms with Crippen molar-refractivity contribution in [2.45, 2.75) is 39.4 Å². The van der Waals surface area contributed by atoms with Gasteiger partial charge in [-0.15, -0.1) is 11.3 Å². The maximum Gasteiger partial charge on any atom is 0.153 e. The lowest BCUT2D eigenvalue weighted by Crippen LogP contribution is -2.46. The van der Waals surface area contributed by atoms with Crippen LogP contribution in [0.5, 0.6) is 0 Å². The smallest absolute Gasteiger partial charge is 0.153 e. The van der Waals surface area contributed by atoms with Crippen LogP contribution in [0.4, 0.5) is 0 Å². The van der Waals surface area contributed by atoms with Gasteiger partial charge in [0.1, 0.15) is 5.01 Å². The third-order valence-electron chi connectivity index (χ3n) is 3.48. The van der Waals surface area contributed by atoms with Crippen LogP contribution >= 0.6 is 11.3 Å². The van der Waals surface area contributed by atoms with Crippen LogP contribution < -0.4 is 5.32 Å². The molecule has 7 heteroatoms. The Morgan fingerprint density at radius 1 is 1.55 bits per heavy atom. The Morgan fingerprint density at radius 3 is 3.05 bits per heavy atom. The van der Waals surface area contributed by atoms with Gasteiger partial charge in [-0.25, -0.2) is 13.4 Å². The van der Waals surface area contributed by atoms with Crippen molar-refractivity contribution in [1.82, 2.24) is 15.2 Å². The molecule has 114 valence electrons. The van der Waals surface area contributed by atoms with E-state index < -0.39 is 9.84 Å². The number of hydrogen-bond donors (Lipinski definition) is 1. The van der Waals surface area contributed by atoms with Crippen LogP contribution in [0, 0.1) is 0 Å². The SMILES string of the molecule is CCCNCc1nc(CN2CCS(=O)(=O)CC2C)cs1. The topological polar surface area (TPSA) is 62.3 Å². The lowest BCUT2D eigenvalue weighted by molar-refractivity contribution is 0.216. The third kappa shape index (κ3) is 4.51. The molecular weight excluding hydrogens is 294 g/mol. The van der Waals surface area contributed by atoms with E-state index in [0.29, 0.717) is 6.54 Å². The molecule has 1 aliphatic heterocycles. The van der Waals surface area contributed by atoms with E-state index in [-0.39, 0.29) is 17.5 Å². The maximum absolute atomic E-state index is 11.6. The molecular formula is C13H23N3O2S2. The van der Waals surface area contributed by atoms with Crippen molar-refractivity contribution in [3.05, 3.63) is 16.1 Å². The molecule has 1 aliphatic rings. The van der Waals surface area contributed by atoms with Gasteiger partial charge in [0, 0.05) is 31.1 Å². The number of thiazole rings is 1. The maximum atomic E-state index is 11.6. The minimum absolute atomic E-state index is 0.0807.